The van der Waals surface area contributed by atoms with Gasteiger partial charge in [0.2, 0.25) is 0 Å². The molecule has 5 heteroatoms. The van der Waals surface area contributed by atoms with E-state index >= 15 is 0 Å². The fraction of sp³-hybridized carbons (Fsp3) is 0.467. The molecule has 1 unspecified atom stereocenters. The van der Waals surface area contributed by atoms with Crippen molar-refractivity contribution >= 4 is 11.9 Å². The van der Waals surface area contributed by atoms with E-state index in [0.717, 1.165) is 0 Å². The van der Waals surface area contributed by atoms with Gasteiger partial charge in [-0.2, -0.15) is 0 Å². The Morgan fingerprint density at radius 3 is 2.50 bits per heavy atom. The molecule has 0 bridgehead atoms. The molecule has 0 fully saturated rings. The van der Waals surface area contributed by atoms with Crippen molar-refractivity contribution < 1.29 is 18.7 Å². The number of halogens is 1. The number of ether oxygens (including phenoxy) is 1. The molecule has 1 amide bonds. The van der Waals surface area contributed by atoms with E-state index < -0.39 is 17.9 Å². The summed E-state index contributed by atoms with van der Waals surface area (Å²) >= 11 is 0. The van der Waals surface area contributed by atoms with Gasteiger partial charge in [-0.25, -0.2) is 9.18 Å². The second-order valence-electron chi connectivity index (χ2n) is 5.14. The van der Waals surface area contributed by atoms with E-state index in [0.29, 0.717) is 17.5 Å². The Balaban J connectivity index is 2.84. The van der Waals surface area contributed by atoms with Gasteiger partial charge in [0, 0.05) is 5.56 Å². The smallest absolute Gasteiger partial charge is 0.328 e. The van der Waals surface area contributed by atoms with Gasteiger partial charge in [-0.3, -0.25) is 4.79 Å². The normalized spacial score (nSPS) is 12.1. The monoisotopic (exact) mass is 281 g/mol. The summed E-state index contributed by atoms with van der Waals surface area (Å²) in [5.74, 6) is -1.03. The van der Waals surface area contributed by atoms with Gasteiger partial charge >= 0.3 is 5.97 Å². The van der Waals surface area contributed by atoms with Gasteiger partial charge in [0.05, 0.1) is 7.11 Å². The van der Waals surface area contributed by atoms with E-state index in [-0.39, 0.29) is 11.7 Å². The molecule has 0 aliphatic rings. The number of carbonyl (C=O) groups is 2. The highest BCUT2D eigenvalue weighted by Gasteiger charge is 2.23. The number of methoxy groups -OCH3 is 1. The minimum Gasteiger partial charge on any atom is -0.467 e. The van der Waals surface area contributed by atoms with E-state index in [4.69, 9.17) is 0 Å². The molecule has 1 rings (SSSR count). The van der Waals surface area contributed by atoms with Crippen LogP contribution in [0.4, 0.5) is 4.39 Å². The number of amides is 1. The Morgan fingerprint density at radius 1 is 1.35 bits per heavy atom. The van der Waals surface area contributed by atoms with Crippen LogP contribution in [0.3, 0.4) is 0 Å². The van der Waals surface area contributed by atoms with Crippen molar-refractivity contribution in [3.8, 4) is 0 Å². The standard InChI is InChI=1S/C15H20FNO3/c1-9(2)7-13(15(19)20-4)17-14(18)11-5-6-12(16)10(3)8-11/h5-6,8-9,13H,7H2,1-4H3,(H,17,18). The van der Waals surface area contributed by atoms with Crippen molar-refractivity contribution in [1.82, 2.24) is 5.32 Å². The third kappa shape index (κ3) is 4.33. The first-order valence-electron chi connectivity index (χ1n) is 6.50. The SMILES string of the molecule is COC(=O)C(CC(C)C)NC(=O)c1ccc(F)c(C)c1. The first-order chi connectivity index (χ1) is 9.35. The third-order valence-corrected chi connectivity index (χ3v) is 2.92. The number of nitrogens with one attached hydrogen (secondary N) is 1. The van der Waals surface area contributed by atoms with Gasteiger partial charge in [-0.15, -0.1) is 0 Å². The molecule has 0 spiro atoms. The zero-order valence-corrected chi connectivity index (χ0v) is 12.2. The van der Waals surface area contributed by atoms with E-state index in [2.05, 4.69) is 10.1 Å². The number of aryl methyl sites for hydroxylation is 1. The summed E-state index contributed by atoms with van der Waals surface area (Å²) < 4.78 is 17.9. The van der Waals surface area contributed by atoms with E-state index in [1.165, 1.54) is 25.3 Å². The average molecular weight is 281 g/mol. The fourth-order valence-corrected chi connectivity index (χ4v) is 1.86. The predicted octanol–water partition coefficient (Wildman–Crippen LogP) is 2.45. The lowest BCUT2D eigenvalue weighted by molar-refractivity contribution is -0.143. The lowest BCUT2D eigenvalue weighted by atomic mass is 10.0. The van der Waals surface area contributed by atoms with Crippen LogP contribution in [0.2, 0.25) is 0 Å². The van der Waals surface area contributed by atoms with Crippen molar-refractivity contribution in [2.24, 2.45) is 5.92 Å². The Bertz CT molecular complexity index is 500. The summed E-state index contributed by atoms with van der Waals surface area (Å²) in [5.41, 5.74) is 0.706. The highest BCUT2D eigenvalue weighted by atomic mass is 19.1. The first-order valence-corrected chi connectivity index (χ1v) is 6.50. The van der Waals surface area contributed by atoms with Gasteiger partial charge in [-0.05, 0) is 43.0 Å². The highest BCUT2D eigenvalue weighted by molar-refractivity contribution is 5.96. The molecule has 1 aromatic carbocycles. The molecular weight excluding hydrogens is 261 g/mol. The van der Waals surface area contributed by atoms with Crippen LogP contribution in [0.25, 0.3) is 0 Å². The van der Waals surface area contributed by atoms with Gasteiger partial charge in [-0.1, -0.05) is 13.8 Å². The second kappa shape index (κ2) is 7.03. The molecule has 0 aliphatic heterocycles. The molecule has 0 heterocycles. The lowest BCUT2D eigenvalue weighted by Gasteiger charge is -2.18. The Kier molecular flexibility index (Phi) is 5.67. The minimum atomic E-state index is -0.696. The molecule has 0 saturated heterocycles. The molecule has 1 aromatic rings. The fourth-order valence-electron chi connectivity index (χ4n) is 1.86. The summed E-state index contributed by atoms with van der Waals surface area (Å²) in [4.78, 5) is 23.7. The summed E-state index contributed by atoms with van der Waals surface area (Å²) in [6.45, 7) is 5.48. The van der Waals surface area contributed by atoms with Crippen LogP contribution in [-0.4, -0.2) is 25.0 Å². The number of benzene rings is 1. The van der Waals surface area contributed by atoms with Gasteiger partial charge in [0.1, 0.15) is 11.9 Å². The third-order valence-electron chi connectivity index (χ3n) is 2.92. The van der Waals surface area contributed by atoms with Gasteiger partial charge < -0.3 is 10.1 Å². The first kappa shape index (κ1) is 16.1. The number of esters is 1. The molecule has 1 N–H and O–H groups in total. The van der Waals surface area contributed by atoms with Crippen molar-refractivity contribution in [3.05, 3.63) is 35.1 Å². The van der Waals surface area contributed by atoms with E-state index in [1.54, 1.807) is 6.92 Å². The maximum absolute atomic E-state index is 13.2. The zero-order valence-electron chi connectivity index (χ0n) is 12.2. The number of carbonyl (C=O) groups excluding carboxylic acids is 2. The molecule has 0 radical (unpaired) electrons. The van der Waals surface area contributed by atoms with E-state index in [9.17, 15) is 14.0 Å². The maximum Gasteiger partial charge on any atom is 0.328 e. The molecular formula is C15H20FNO3. The molecule has 4 nitrogen and oxygen atoms in total. The van der Waals surface area contributed by atoms with Crippen LogP contribution in [0, 0.1) is 18.7 Å². The maximum atomic E-state index is 13.2. The molecule has 0 aliphatic carbocycles. The van der Waals surface area contributed by atoms with Crippen LogP contribution in [0.1, 0.15) is 36.2 Å². The quantitative estimate of drug-likeness (QED) is 0.843. The lowest BCUT2D eigenvalue weighted by Crippen LogP contribution is -2.42. The number of hydrogen-bond donors (Lipinski definition) is 1. The molecule has 110 valence electrons. The molecule has 20 heavy (non-hydrogen) atoms. The molecule has 0 saturated carbocycles. The van der Waals surface area contributed by atoms with Crippen LogP contribution in [0.15, 0.2) is 18.2 Å². The summed E-state index contributed by atoms with van der Waals surface area (Å²) in [7, 11) is 1.28. The zero-order chi connectivity index (χ0) is 15.3. The summed E-state index contributed by atoms with van der Waals surface area (Å²) in [6, 6.07) is 3.38. The largest absolute Gasteiger partial charge is 0.467 e. The molecule has 0 aromatic heterocycles. The topological polar surface area (TPSA) is 55.4 Å². The average Bonchev–Trinajstić information content (AvgIpc) is 2.39. The van der Waals surface area contributed by atoms with Gasteiger partial charge in [0.25, 0.3) is 5.91 Å². The van der Waals surface area contributed by atoms with Crippen molar-refractivity contribution in [2.75, 3.05) is 7.11 Å². The van der Waals surface area contributed by atoms with Crippen LogP contribution in [0.5, 0.6) is 0 Å². The van der Waals surface area contributed by atoms with Gasteiger partial charge in [0.15, 0.2) is 0 Å². The summed E-state index contributed by atoms with van der Waals surface area (Å²) in [6.07, 6.45) is 0.485. The number of rotatable bonds is 5. The van der Waals surface area contributed by atoms with Crippen LogP contribution in [-0.2, 0) is 9.53 Å². The highest BCUT2D eigenvalue weighted by Crippen LogP contribution is 2.11. The van der Waals surface area contributed by atoms with E-state index in [1.807, 2.05) is 13.8 Å². The van der Waals surface area contributed by atoms with Crippen LogP contribution < -0.4 is 5.32 Å². The second-order valence-corrected chi connectivity index (χ2v) is 5.14. The number of hydrogen-bond acceptors (Lipinski definition) is 3. The van der Waals surface area contributed by atoms with Crippen molar-refractivity contribution in [3.63, 3.8) is 0 Å². The Labute approximate surface area is 118 Å². The van der Waals surface area contributed by atoms with Crippen LogP contribution >= 0.6 is 0 Å². The van der Waals surface area contributed by atoms with Crippen molar-refractivity contribution in [1.29, 1.82) is 0 Å². The Morgan fingerprint density at radius 2 is 2.00 bits per heavy atom. The minimum absolute atomic E-state index is 0.231. The van der Waals surface area contributed by atoms with Crippen molar-refractivity contribution in [2.45, 2.75) is 33.2 Å². The summed E-state index contributed by atoms with van der Waals surface area (Å²) in [5, 5.41) is 2.63. The Hall–Kier alpha value is -1.91. The predicted molar refractivity (Wildman–Crippen MR) is 73.9 cm³/mol. The molecule has 1 atom stereocenters.